The molecule has 2 rings (SSSR count). The van der Waals surface area contributed by atoms with E-state index in [1.54, 1.807) is 0 Å². The minimum absolute atomic E-state index is 0.0330. The van der Waals surface area contributed by atoms with Gasteiger partial charge in [-0.1, -0.05) is 0 Å². The van der Waals surface area contributed by atoms with Gasteiger partial charge in [0.1, 0.15) is 18.0 Å². The predicted molar refractivity (Wildman–Crippen MR) is 67.8 cm³/mol. The van der Waals surface area contributed by atoms with Crippen LogP contribution in [0, 0.1) is 5.82 Å². The number of nitrogens with two attached hydrogens (primary N) is 1. The molecule has 0 fully saturated rings. The van der Waals surface area contributed by atoms with Crippen LogP contribution in [0.15, 0.2) is 24.5 Å². The molecule has 1 aromatic heterocycles. The maximum absolute atomic E-state index is 13.0. The molecule has 0 unspecified atom stereocenters. The highest BCUT2D eigenvalue weighted by molar-refractivity contribution is 5.94. The number of nitrogen functional groups attached to an aromatic ring is 1. The summed E-state index contributed by atoms with van der Waals surface area (Å²) in [4.78, 5) is 15.7. The Balaban J connectivity index is 1.79. The highest BCUT2D eigenvalue weighted by Gasteiger charge is 2.07. The van der Waals surface area contributed by atoms with Crippen LogP contribution in [0.1, 0.15) is 22.6 Å². The molecule has 1 heterocycles. The lowest BCUT2D eigenvalue weighted by molar-refractivity contribution is 0.0953. The lowest BCUT2D eigenvalue weighted by Crippen LogP contribution is -2.25. The summed E-state index contributed by atoms with van der Waals surface area (Å²) >= 11 is 0. The van der Waals surface area contributed by atoms with Crippen molar-refractivity contribution in [2.45, 2.75) is 12.8 Å². The van der Waals surface area contributed by atoms with Crippen LogP contribution in [-0.2, 0) is 6.42 Å². The van der Waals surface area contributed by atoms with Crippen molar-refractivity contribution in [1.29, 1.82) is 0 Å². The molecule has 1 aromatic carbocycles. The van der Waals surface area contributed by atoms with Gasteiger partial charge in [0.05, 0.1) is 5.69 Å². The summed E-state index contributed by atoms with van der Waals surface area (Å²) in [6.45, 7) is 0.497. The van der Waals surface area contributed by atoms with Crippen molar-refractivity contribution < 1.29 is 9.18 Å². The van der Waals surface area contributed by atoms with Gasteiger partial charge in [-0.3, -0.25) is 9.89 Å². The monoisotopic (exact) mass is 263 g/mol. The molecule has 2 aromatic rings. The molecule has 0 bridgehead atoms. The molecule has 0 saturated carbocycles. The van der Waals surface area contributed by atoms with E-state index < -0.39 is 5.82 Å². The third-order valence-electron chi connectivity index (χ3n) is 2.60. The third-order valence-corrected chi connectivity index (χ3v) is 2.60. The Bertz CT molecular complexity index is 555. The molecule has 7 heteroatoms. The fourth-order valence-electron chi connectivity index (χ4n) is 1.60. The Morgan fingerprint density at radius 3 is 3.00 bits per heavy atom. The molecule has 1 amide bonds. The number of halogens is 1. The van der Waals surface area contributed by atoms with Crippen molar-refractivity contribution in [2.75, 3.05) is 12.3 Å². The summed E-state index contributed by atoms with van der Waals surface area (Å²) in [5.41, 5.74) is 5.72. The predicted octanol–water partition coefficient (Wildman–Crippen LogP) is 0.889. The van der Waals surface area contributed by atoms with Crippen LogP contribution in [0.5, 0.6) is 0 Å². The Morgan fingerprint density at radius 1 is 1.47 bits per heavy atom. The number of hydrogen-bond acceptors (Lipinski definition) is 4. The van der Waals surface area contributed by atoms with Crippen molar-refractivity contribution in [1.82, 2.24) is 20.5 Å². The number of nitrogens with zero attached hydrogens (tertiary/aromatic N) is 2. The van der Waals surface area contributed by atoms with E-state index in [4.69, 9.17) is 5.73 Å². The molecule has 6 nitrogen and oxygen atoms in total. The van der Waals surface area contributed by atoms with E-state index in [2.05, 4.69) is 20.5 Å². The summed E-state index contributed by atoms with van der Waals surface area (Å²) in [5.74, 6) is -0.0218. The first-order valence-corrected chi connectivity index (χ1v) is 5.84. The van der Waals surface area contributed by atoms with E-state index in [1.807, 2.05) is 0 Å². The lowest BCUT2D eigenvalue weighted by Gasteiger charge is -2.05. The van der Waals surface area contributed by atoms with Crippen LogP contribution in [0.3, 0.4) is 0 Å². The first kappa shape index (κ1) is 13.0. The van der Waals surface area contributed by atoms with Gasteiger partial charge in [-0.15, -0.1) is 0 Å². The smallest absolute Gasteiger partial charge is 0.251 e. The van der Waals surface area contributed by atoms with E-state index in [1.165, 1.54) is 24.5 Å². The molecule has 100 valence electrons. The van der Waals surface area contributed by atoms with Gasteiger partial charge in [-0.05, 0) is 24.6 Å². The zero-order valence-corrected chi connectivity index (χ0v) is 10.2. The standard InChI is InChI=1S/C12H14FN5O/c13-9-4-3-8(6-10(9)14)12(19)15-5-1-2-11-16-7-17-18-11/h3-4,6-7H,1-2,5,14H2,(H,15,19)(H,16,17,18). The van der Waals surface area contributed by atoms with Gasteiger partial charge in [0.15, 0.2) is 0 Å². The molecular weight excluding hydrogens is 249 g/mol. The number of aryl methyl sites for hydroxylation is 1. The molecule has 0 aliphatic carbocycles. The average Bonchev–Trinajstić information content (AvgIpc) is 2.91. The number of aromatic amines is 1. The molecule has 0 aliphatic rings. The maximum Gasteiger partial charge on any atom is 0.251 e. The van der Waals surface area contributed by atoms with Crippen LogP contribution in [-0.4, -0.2) is 27.6 Å². The zero-order valence-electron chi connectivity index (χ0n) is 10.2. The fourth-order valence-corrected chi connectivity index (χ4v) is 1.60. The maximum atomic E-state index is 13.0. The quantitative estimate of drug-likeness (QED) is 0.551. The van der Waals surface area contributed by atoms with Gasteiger partial charge in [-0.2, -0.15) is 5.10 Å². The average molecular weight is 263 g/mol. The van der Waals surface area contributed by atoms with E-state index in [0.717, 1.165) is 12.2 Å². The summed E-state index contributed by atoms with van der Waals surface area (Å²) < 4.78 is 13.0. The molecule has 0 atom stereocenters. The normalized spacial score (nSPS) is 10.4. The molecule has 4 N–H and O–H groups in total. The number of anilines is 1. The largest absolute Gasteiger partial charge is 0.396 e. The van der Waals surface area contributed by atoms with Crippen LogP contribution in [0.25, 0.3) is 0 Å². The van der Waals surface area contributed by atoms with E-state index in [9.17, 15) is 9.18 Å². The van der Waals surface area contributed by atoms with Crippen LogP contribution in [0.4, 0.5) is 10.1 Å². The topological polar surface area (TPSA) is 96.7 Å². The lowest BCUT2D eigenvalue weighted by atomic mass is 10.2. The van der Waals surface area contributed by atoms with E-state index in [0.29, 0.717) is 18.5 Å². The second-order valence-electron chi connectivity index (χ2n) is 4.03. The third kappa shape index (κ3) is 3.51. The van der Waals surface area contributed by atoms with Gasteiger partial charge in [0, 0.05) is 18.5 Å². The number of H-pyrrole nitrogens is 1. The number of aromatic nitrogens is 3. The Labute approximate surface area is 109 Å². The SMILES string of the molecule is Nc1cc(C(=O)NCCCc2ncn[nH]2)ccc1F. The molecule has 0 saturated heterocycles. The minimum atomic E-state index is -0.526. The van der Waals surface area contributed by atoms with Crippen LogP contribution < -0.4 is 11.1 Å². The van der Waals surface area contributed by atoms with Gasteiger partial charge in [-0.25, -0.2) is 9.37 Å². The van der Waals surface area contributed by atoms with Crippen molar-refractivity contribution in [3.63, 3.8) is 0 Å². The summed E-state index contributed by atoms with van der Waals surface area (Å²) in [6, 6.07) is 3.90. The highest BCUT2D eigenvalue weighted by Crippen LogP contribution is 2.11. The molecule has 0 spiro atoms. The van der Waals surface area contributed by atoms with Gasteiger partial charge in [0.2, 0.25) is 0 Å². The molecule has 0 radical (unpaired) electrons. The van der Waals surface area contributed by atoms with Crippen molar-refractivity contribution in [2.24, 2.45) is 0 Å². The van der Waals surface area contributed by atoms with Gasteiger partial charge >= 0.3 is 0 Å². The number of amides is 1. The van der Waals surface area contributed by atoms with Crippen molar-refractivity contribution in [3.05, 3.63) is 41.7 Å². The highest BCUT2D eigenvalue weighted by atomic mass is 19.1. The molecule has 0 aliphatic heterocycles. The Kier molecular flexibility index (Phi) is 4.07. The van der Waals surface area contributed by atoms with Gasteiger partial charge < -0.3 is 11.1 Å². The summed E-state index contributed by atoms with van der Waals surface area (Å²) in [6.07, 6.45) is 2.87. The number of hydrogen-bond donors (Lipinski definition) is 3. The van der Waals surface area contributed by atoms with Crippen molar-refractivity contribution >= 4 is 11.6 Å². The molecule has 19 heavy (non-hydrogen) atoms. The molecular formula is C12H14FN5O. The van der Waals surface area contributed by atoms with Crippen LogP contribution >= 0.6 is 0 Å². The summed E-state index contributed by atoms with van der Waals surface area (Å²) in [7, 11) is 0. The van der Waals surface area contributed by atoms with Gasteiger partial charge in [0.25, 0.3) is 5.91 Å². The van der Waals surface area contributed by atoms with E-state index in [-0.39, 0.29) is 11.6 Å². The first-order valence-electron chi connectivity index (χ1n) is 5.84. The number of carbonyl (C=O) groups excluding carboxylic acids is 1. The number of benzene rings is 1. The minimum Gasteiger partial charge on any atom is -0.396 e. The van der Waals surface area contributed by atoms with Crippen LogP contribution in [0.2, 0.25) is 0 Å². The fraction of sp³-hybridized carbons (Fsp3) is 0.250. The second-order valence-corrected chi connectivity index (χ2v) is 4.03. The van der Waals surface area contributed by atoms with Crippen molar-refractivity contribution in [3.8, 4) is 0 Å². The number of carbonyl (C=O) groups is 1. The Hall–Kier alpha value is -2.44. The number of rotatable bonds is 5. The van der Waals surface area contributed by atoms with E-state index >= 15 is 0 Å². The second kappa shape index (κ2) is 5.94. The summed E-state index contributed by atoms with van der Waals surface area (Å²) in [5, 5.41) is 9.20. The Morgan fingerprint density at radius 2 is 2.32 bits per heavy atom. The first-order chi connectivity index (χ1) is 9.16. The number of nitrogens with one attached hydrogen (secondary N) is 2. The zero-order chi connectivity index (χ0) is 13.7.